The van der Waals surface area contributed by atoms with Crippen molar-refractivity contribution >= 4 is 34.2 Å². The number of carbonyl (C=O) groups excluding carboxylic acids is 2. The third-order valence-electron chi connectivity index (χ3n) is 5.11. The topological polar surface area (TPSA) is 78.0 Å². The molecule has 2 atom stereocenters. The van der Waals surface area contributed by atoms with Crippen LogP contribution < -0.4 is 0 Å². The average molecular weight is 392 g/mol. The summed E-state index contributed by atoms with van der Waals surface area (Å²) in [7, 11) is -3.66. The Morgan fingerprint density at radius 3 is 2.52 bits per heavy atom. The zero-order valence-corrected chi connectivity index (χ0v) is 16.3. The van der Waals surface area contributed by atoms with Crippen molar-refractivity contribution in [2.24, 2.45) is 5.92 Å². The summed E-state index contributed by atoms with van der Waals surface area (Å²) in [4.78, 5) is 29.2. The summed E-state index contributed by atoms with van der Waals surface area (Å²) < 4.78 is 25.0. The predicted octanol–water partition coefficient (Wildman–Crippen LogP) is 0.817. The van der Waals surface area contributed by atoms with E-state index in [1.54, 1.807) is 11.0 Å². The summed E-state index contributed by atoms with van der Waals surface area (Å²) >= 11 is 0. The second-order valence-corrected chi connectivity index (χ2v) is 8.66. The van der Waals surface area contributed by atoms with E-state index >= 15 is 0 Å². The molecular formula is C16H26ClN3O4S. The Balaban J connectivity index is 0.00000225. The van der Waals surface area contributed by atoms with Crippen molar-refractivity contribution in [3.63, 3.8) is 0 Å². The van der Waals surface area contributed by atoms with Gasteiger partial charge in [0.25, 0.3) is 0 Å². The van der Waals surface area contributed by atoms with Gasteiger partial charge >= 0.3 is 0 Å². The highest BCUT2D eigenvalue weighted by atomic mass is 35.5. The van der Waals surface area contributed by atoms with E-state index in [-0.39, 0.29) is 18.3 Å². The van der Waals surface area contributed by atoms with Crippen LogP contribution in [0.2, 0.25) is 0 Å². The number of halogens is 1. The summed E-state index contributed by atoms with van der Waals surface area (Å²) in [6.07, 6.45) is 5.73. The Hall–Kier alpha value is -1.12. The zero-order chi connectivity index (χ0) is 17.5. The monoisotopic (exact) mass is 391 g/mol. The lowest BCUT2D eigenvalue weighted by Crippen LogP contribution is -2.44. The number of sulfonamides is 1. The van der Waals surface area contributed by atoms with Crippen LogP contribution in [0.25, 0.3) is 0 Å². The number of carbonyl (C=O) groups is 2. The third-order valence-corrected chi connectivity index (χ3v) is 6.17. The molecule has 2 saturated heterocycles. The Kier molecular flexibility index (Phi) is 6.17. The van der Waals surface area contributed by atoms with E-state index in [0.717, 1.165) is 36.6 Å². The fourth-order valence-corrected chi connectivity index (χ4v) is 4.86. The molecule has 0 aromatic rings. The van der Waals surface area contributed by atoms with Crippen molar-refractivity contribution in [2.75, 3.05) is 32.4 Å². The summed E-state index contributed by atoms with van der Waals surface area (Å²) in [5.74, 6) is -0.843. The van der Waals surface area contributed by atoms with Gasteiger partial charge in [0.15, 0.2) is 0 Å². The highest BCUT2D eigenvalue weighted by molar-refractivity contribution is 7.89. The fourth-order valence-electron chi connectivity index (χ4n) is 3.83. The molecule has 9 heteroatoms. The summed E-state index contributed by atoms with van der Waals surface area (Å²) in [5.41, 5.74) is 0.471. The van der Waals surface area contributed by atoms with Crippen LogP contribution in [0, 0.1) is 5.92 Å². The van der Waals surface area contributed by atoms with Gasteiger partial charge in [-0.05, 0) is 32.0 Å². The van der Waals surface area contributed by atoms with Gasteiger partial charge in [-0.1, -0.05) is 13.3 Å². The average Bonchev–Trinajstić information content (AvgIpc) is 2.95. The van der Waals surface area contributed by atoms with E-state index in [2.05, 4.69) is 4.90 Å². The largest absolute Gasteiger partial charge is 0.329 e. The molecule has 0 bridgehead atoms. The van der Waals surface area contributed by atoms with Crippen LogP contribution in [0.3, 0.4) is 0 Å². The van der Waals surface area contributed by atoms with Crippen molar-refractivity contribution in [3.05, 3.63) is 11.8 Å². The standard InChI is InChI=1S/C16H25N3O4S.ClH/c1-3-5-12-15-13(19(16(12)21)24(2,22)23)6-11-18(15)14(20)7-10-17-8-4-9-17;/h6,12,15H,3-5,7-11H2,1-2H3;1H/t12-,15-;/m1./s1. The Bertz CT molecular complexity index is 675. The molecule has 3 heterocycles. The second-order valence-electron chi connectivity index (χ2n) is 6.83. The van der Waals surface area contributed by atoms with Crippen LogP contribution in [0.5, 0.6) is 0 Å². The van der Waals surface area contributed by atoms with E-state index < -0.39 is 27.9 Å². The third kappa shape index (κ3) is 3.71. The highest BCUT2D eigenvalue weighted by Gasteiger charge is 2.53. The van der Waals surface area contributed by atoms with Crippen LogP contribution in [0.15, 0.2) is 11.8 Å². The van der Waals surface area contributed by atoms with Gasteiger partial charge in [0.05, 0.1) is 23.9 Å². The summed E-state index contributed by atoms with van der Waals surface area (Å²) in [6.45, 7) is 5.17. The Labute approximate surface area is 155 Å². The van der Waals surface area contributed by atoms with Crippen molar-refractivity contribution < 1.29 is 18.0 Å². The van der Waals surface area contributed by atoms with Gasteiger partial charge in [0, 0.05) is 19.5 Å². The maximum absolute atomic E-state index is 12.6. The minimum Gasteiger partial charge on any atom is -0.329 e. The SMILES string of the molecule is CCC[C@H]1C(=O)N(S(C)(=O)=O)C2=CCN(C(=O)CCN3CCC3)[C@@H]21.Cl. The first-order chi connectivity index (χ1) is 11.3. The van der Waals surface area contributed by atoms with E-state index in [4.69, 9.17) is 0 Å². The van der Waals surface area contributed by atoms with Gasteiger partial charge in [-0.2, -0.15) is 0 Å². The van der Waals surface area contributed by atoms with Crippen molar-refractivity contribution in [2.45, 2.75) is 38.6 Å². The minimum absolute atomic E-state index is 0. The number of rotatable bonds is 6. The van der Waals surface area contributed by atoms with Crippen LogP contribution in [-0.2, 0) is 19.6 Å². The first kappa shape index (κ1) is 20.2. The molecule has 3 aliphatic heterocycles. The molecule has 7 nitrogen and oxygen atoms in total. The molecule has 3 rings (SSSR count). The van der Waals surface area contributed by atoms with Gasteiger partial charge in [-0.3, -0.25) is 9.59 Å². The van der Waals surface area contributed by atoms with Gasteiger partial charge in [0.1, 0.15) is 0 Å². The predicted molar refractivity (Wildman–Crippen MR) is 96.6 cm³/mol. The molecule has 0 aromatic carbocycles. The normalized spacial score (nSPS) is 26.2. The lowest BCUT2D eigenvalue weighted by Gasteiger charge is -2.32. The molecule has 0 saturated carbocycles. The summed E-state index contributed by atoms with van der Waals surface area (Å²) in [6, 6.07) is -0.420. The molecule has 0 radical (unpaired) electrons. The van der Waals surface area contributed by atoms with Crippen LogP contribution in [0.1, 0.15) is 32.6 Å². The van der Waals surface area contributed by atoms with E-state index in [0.29, 0.717) is 25.1 Å². The van der Waals surface area contributed by atoms with E-state index in [1.165, 1.54) is 6.42 Å². The first-order valence-corrected chi connectivity index (χ1v) is 10.5. The van der Waals surface area contributed by atoms with Crippen LogP contribution in [-0.4, -0.2) is 72.8 Å². The number of fused-ring (bicyclic) bond motifs is 1. The first-order valence-electron chi connectivity index (χ1n) is 8.60. The number of hydrogen-bond donors (Lipinski definition) is 0. The number of nitrogens with zero attached hydrogens (tertiary/aromatic N) is 3. The Morgan fingerprint density at radius 1 is 1.32 bits per heavy atom. The maximum Gasteiger partial charge on any atom is 0.246 e. The molecule has 0 aliphatic carbocycles. The lowest BCUT2D eigenvalue weighted by molar-refractivity contribution is -0.134. The zero-order valence-electron chi connectivity index (χ0n) is 14.7. The molecule has 0 spiro atoms. The molecule has 25 heavy (non-hydrogen) atoms. The molecule has 2 amide bonds. The van der Waals surface area contributed by atoms with E-state index in [1.807, 2.05) is 6.92 Å². The van der Waals surface area contributed by atoms with Gasteiger partial charge in [-0.15, -0.1) is 12.4 Å². The van der Waals surface area contributed by atoms with Gasteiger partial charge < -0.3 is 9.80 Å². The van der Waals surface area contributed by atoms with Crippen molar-refractivity contribution in [3.8, 4) is 0 Å². The number of amides is 2. The number of likely N-dealkylation sites (tertiary alicyclic amines) is 1. The number of hydrogen-bond acceptors (Lipinski definition) is 5. The smallest absolute Gasteiger partial charge is 0.246 e. The van der Waals surface area contributed by atoms with Gasteiger partial charge in [-0.25, -0.2) is 12.7 Å². The molecule has 3 aliphatic rings. The Morgan fingerprint density at radius 2 is 2.00 bits per heavy atom. The summed E-state index contributed by atoms with van der Waals surface area (Å²) in [5, 5.41) is 0. The minimum atomic E-state index is -3.66. The molecule has 2 fully saturated rings. The lowest BCUT2D eigenvalue weighted by atomic mass is 9.96. The molecule has 142 valence electrons. The van der Waals surface area contributed by atoms with Crippen LogP contribution in [0.4, 0.5) is 0 Å². The highest BCUT2D eigenvalue weighted by Crippen LogP contribution is 2.40. The maximum atomic E-state index is 12.6. The fraction of sp³-hybridized carbons (Fsp3) is 0.750. The molecule has 0 unspecified atom stereocenters. The molecular weight excluding hydrogens is 366 g/mol. The van der Waals surface area contributed by atoms with Crippen molar-refractivity contribution in [1.29, 1.82) is 0 Å². The second kappa shape index (κ2) is 7.63. The van der Waals surface area contributed by atoms with Crippen LogP contribution >= 0.6 is 12.4 Å². The van der Waals surface area contributed by atoms with Crippen molar-refractivity contribution in [1.82, 2.24) is 14.1 Å². The quantitative estimate of drug-likeness (QED) is 0.669. The van der Waals surface area contributed by atoms with Gasteiger partial charge in [0.2, 0.25) is 21.8 Å². The molecule has 0 N–H and O–H groups in total. The molecule has 0 aromatic heterocycles. The van der Waals surface area contributed by atoms with E-state index in [9.17, 15) is 18.0 Å².